The van der Waals surface area contributed by atoms with Crippen LogP contribution in [0.15, 0.2) is 53.1 Å². The first-order valence-corrected chi connectivity index (χ1v) is 10.9. The maximum absolute atomic E-state index is 12.4. The van der Waals surface area contributed by atoms with E-state index in [1.807, 2.05) is 39.3 Å². The van der Waals surface area contributed by atoms with Crippen LogP contribution in [0.5, 0.6) is 5.75 Å². The van der Waals surface area contributed by atoms with E-state index in [0.717, 1.165) is 34.4 Å². The number of carbonyl (C=O) groups is 1. The summed E-state index contributed by atoms with van der Waals surface area (Å²) in [6, 6.07) is 12.1. The van der Waals surface area contributed by atoms with E-state index >= 15 is 0 Å². The molecule has 2 amide bonds. The monoisotopic (exact) mass is 505 g/mol. The topological polar surface area (TPSA) is 71.4 Å². The number of anilines is 2. The Hall–Kier alpha value is -2.55. The molecule has 0 spiro atoms. The fraction of sp³-hybridized carbons (Fsp3) is 0.273. The van der Waals surface area contributed by atoms with Crippen molar-refractivity contribution in [3.05, 3.63) is 58.2 Å². The zero-order chi connectivity index (χ0) is 22.4. The summed E-state index contributed by atoms with van der Waals surface area (Å²) < 4.78 is 8.67. The summed E-state index contributed by atoms with van der Waals surface area (Å²) in [5.41, 5.74) is 2.98. The van der Waals surface area contributed by atoms with Crippen LogP contribution in [0.2, 0.25) is 5.02 Å². The minimum Gasteiger partial charge on any atom is -0.493 e. The summed E-state index contributed by atoms with van der Waals surface area (Å²) in [7, 11) is 5.94. The van der Waals surface area contributed by atoms with Gasteiger partial charge < -0.3 is 20.3 Å². The first-order valence-electron chi connectivity index (χ1n) is 9.76. The third-order valence-corrected chi connectivity index (χ3v) is 5.33. The largest absolute Gasteiger partial charge is 0.493 e. The summed E-state index contributed by atoms with van der Waals surface area (Å²) in [6.07, 6.45) is 2.64. The van der Waals surface area contributed by atoms with E-state index in [1.54, 1.807) is 35.1 Å². The number of carbonyl (C=O) groups excluding carboxylic acids is 1. The number of rotatable bonds is 8. The van der Waals surface area contributed by atoms with E-state index in [2.05, 4.69) is 36.6 Å². The zero-order valence-corrected chi connectivity index (χ0v) is 20.0. The van der Waals surface area contributed by atoms with Crippen molar-refractivity contribution in [1.82, 2.24) is 14.7 Å². The maximum atomic E-state index is 12.4. The minimum atomic E-state index is -0.350. The number of hydrogen-bond acceptors (Lipinski definition) is 4. The molecule has 3 rings (SSSR count). The minimum absolute atomic E-state index is 0.350. The Labute approximate surface area is 195 Å². The van der Waals surface area contributed by atoms with Crippen LogP contribution in [-0.2, 0) is 7.05 Å². The molecule has 0 radical (unpaired) electrons. The molecule has 0 unspecified atom stereocenters. The van der Waals surface area contributed by atoms with Crippen LogP contribution in [0.3, 0.4) is 0 Å². The molecule has 9 heteroatoms. The quantitative estimate of drug-likeness (QED) is 0.397. The Balaban J connectivity index is 1.79. The lowest BCUT2D eigenvalue weighted by molar-refractivity contribution is 0.262. The number of halogens is 2. The van der Waals surface area contributed by atoms with Gasteiger partial charge in [0.2, 0.25) is 0 Å². The maximum Gasteiger partial charge on any atom is 0.323 e. The Kier molecular flexibility index (Phi) is 7.95. The molecule has 0 aliphatic heterocycles. The normalized spacial score (nSPS) is 10.9. The number of aromatic nitrogens is 2. The van der Waals surface area contributed by atoms with Gasteiger partial charge in [-0.1, -0.05) is 11.6 Å². The highest BCUT2D eigenvalue weighted by atomic mass is 79.9. The number of ether oxygens (including phenoxy) is 1. The predicted octanol–water partition coefficient (Wildman–Crippen LogP) is 5.48. The fourth-order valence-electron chi connectivity index (χ4n) is 3.02. The van der Waals surface area contributed by atoms with Gasteiger partial charge in [-0.05, 0) is 78.9 Å². The molecule has 0 saturated heterocycles. The Morgan fingerprint density at radius 3 is 2.48 bits per heavy atom. The smallest absolute Gasteiger partial charge is 0.323 e. The molecular formula is C22H25BrClN5O2. The highest BCUT2D eigenvalue weighted by molar-refractivity contribution is 9.10. The average molecular weight is 507 g/mol. The van der Waals surface area contributed by atoms with Gasteiger partial charge in [0, 0.05) is 35.6 Å². The van der Waals surface area contributed by atoms with Gasteiger partial charge in [0.15, 0.2) is 0 Å². The molecule has 7 nitrogen and oxygen atoms in total. The second-order valence-corrected chi connectivity index (χ2v) is 8.56. The molecule has 1 heterocycles. The average Bonchev–Trinajstić information content (AvgIpc) is 3.05. The first-order chi connectivity index (χ1) is 14.8. The van der Waals surface area contributed by atoms with E-state index in [0.29, 0.717) is 23.0 Å². The van der Waals surface area contributed by atoms with E-state index in [4.69, 9.17) is 16.3 Å². The van der Waals surface area contributed by atoms with Crippen molar-refractivity contribution in [2.24, 2.45) is 7.05 Å². The Morgan fingerprint density at radius 1 is 1.16 bits per heavy atom. The predicted molar refractivity (Wildman–Crippen MR) is 129 cm³/mol. The van der Waals surface area contributed by atoms with Crippen molar-refractivity contribution in [2.75, 3.05) is 37.9 Å². The second-order valence-electron chi connectivity index (χ2n) is 7.27. The van der Waals surface area contributed by atoms with Crippen LogP contribution in [0.1, 0.15) is 6.42 Å². The molecule has 2 aromatic carbocycles. The van der Waals surface area contributed by atoms with Crippen LogP contribution >= 0.6 is 27.5 Å². The summed E-state index contributed by atoms with van der Waals surface area (Å²) >= 11 is 9.45. The summed E-state index contributed by atoms with van der Waals surface area (Å²) in [6.45, 7) is 1.53. The number of nitrogens with one attached hydrogen (secondary N) is 2. The first kappa shape index (κ1) is 23.1. The highest BCUT2D eigenvalue weighted by Gasteiger charge is 2.16. The molecule has 0 aliphatic carbocycles. The molecule has 164 valence electrons. The van der Waals surface area contributed by atoms with Gasteiger partial charge in [-0.3, -0.25) is 4.68 Å². The summed E-state index contributed by atoms with van der Waals surface area (Å²) in [4.78, 5) is 14.6. The van der Waals surface area contributed by atoms with Crippen molar-refractivity contribution in [2.45, 2.75) is 6.42 Å². The molecular weight excluding hydrogens is 482 g/mol. The molecule has 2 N–H and O–H groups in total. The van der Waals surface area contributed by atoms with Crippen LogP contribution in [0, 0.1) is 0 Å². The van der Waals surface area contributed by atoms with E-state index < -0.39 is 0 Å². The Morgan fingerprint density at radius 2 is 1.84 bits per heavy atom. The third-order valence-electron chi connectivity index (χ3n) is 4.50. The standard InChI is InChI=1S/C22H25BrClN5O2/c1-28(2)11-4-12-31-20-10-9-17(13-18(20)21-19(23)14-25-29(21)3)27-22(30)26-16-7-5-15(24)6-8-16/h5-10,13-14H,4,11-12H2,1-3H3,(H2,26,27,30). The van der Waals surface area contributed by atoms with E-state index in [1.165, 1.54) is 0 Å². The zero-order valence-electron chi connectivity index (χ0n) is 17.7. The fourth-order valence-corrected chi connectivity index (χ4v) is 3.71. The summed E-state index contributed by atoms with van der Waals surface area (Å²) in [5, 5.41) is 10.6. The molecule has 0 fully saturated rings. The van der Waals surface area contributed by atoms with Gasteiger partial charge in [0.05, 0.1) is 23.0 Å². The van der Waals surface area contributed by atoms with Crippen molar-refractivity contribution in [3.63, 3.8) is 0 Å². The van der Waals surface area contributed by atoms with Gasteiger partial charge in [-0.25, -0.2) is 4.79 Å². The van der Waals surface area contributed by atoms with Crippen molar-refractivity contribution < 1.29 is 9.53 Å². The Bertz CT molecular complexity index is 1020. The van der Waals surface area contributed by atoms with Crippen molar-refractivity contribution >= 4 is 44.9 Å². The lowest BCUT2D eigenvalue weighted by atomic mass is 10.1. The number of aryl methyl sites for hydroxylation is 1. The van der Waals surface area contributed by atoms with Crippen LogP contribution < -0.4 is 15.4 Å². The van der Waals surface area contributed by atoms with Crippen LogP contribution in [0.25, 0.3) is 11.3 Å². The number of urea groups is 1. The molecule has 31 heavy (non-hydrogen) atoms. The van der Waals surface area contributed by atoms with Gasteiger partial charge in [0.1, 0.15) is 5.75 Å². The SMILES string of the molecule is CN(C)CCCOc1ccc(NC(=O)Nc2ccc(Cl)cc2)cc1-c1c(Br)cnn1C. The van der Waals surface area contributed by atoms with Gasteiger partial charge in [-0.15, -0.1) is 0 Å². The lowest BCUT2D eigenvalue weighted by Gasteiger charge is -2.16. The molecule has 0 atom stereocenters. The summed E-state index contributed by atoms with van der Waals surface area (Å²) in [5.74, 6) is 0.728. The van der Waals surface area contributed by atoms with Crippen molar-refractivity contribution in [3.8, 4) is 17.0 Å². The van der Waals surface area contributed by atoms with E-state index in [-0.39, 0.29) is 6.03 Å². The van der Waals surface area contributed by atoms with E-state index in [9.17, 15) is 4.79 Å². The number of benzene rings is 2. The number of nitrogens with zero attached hydrogens (tertiary/aromatic N) is 3. The highest BCUT2D eigenvalue weighted by Crippen LogP contribution is 2.36. The number of amides is 2. The molecule has 0 aliphatic rings. The number of hydrogen-bond donors (Lipinski definition) is 2. The molecule has 0 saturated carbocycles. The molecule has 0 bridgehead atoms. The lowest BCUT2D eigenvalue weighted by Crippen LogP contribution is -2.19. The van der Waals surface area contributed by atoms with Gasteiger partial charge in [0.25, 0.3) is 0 Å². The third kappa shape index (κ3) is 6.46. The van der Waals surface area contributed by atoms with Crippen molar-refractivity contribution in [1.29, 1.82) is 0 Å². The van der Waals surface area contributed by atoms with Crippen LogP contribution in [-0.4, -0.2) is 48.0 Å². The van der Waals surface area contributed by atoms with Gasteiger partial charge in [-0.2, -0.15) is 5.10 Å². The van der Waals surface area contributed by atoms with Gasteiger partial charge >= 0.3 is 6.03 Å². The second kappa shape index (κ2) is 10.7. The van der Waals surface area contributed by atoms with Crippen LogP contribution in [0.4, 0.5) is 16.2 Å². The molecule has 1 aromatic heterocycles. The molecule has 3 aromatic rings.